The Hall–Kier alpha value is -1.88. The highest BCUT2D eigenvalue weighted by Crippen LogP contribution is 2.17. The van der Waals surface area contributed by atoms with Crippen LogP contribution in [0.5, 0.6) is 0 Å². The van der Waals surface area contributed by atoms with E-state index in [0.29, 0.717) is 6.42 Å². The van der Waals surface area contributed by atoms with Crippen LogP contribution < -0.4 is 5.73 Å². The third-order valence-corrected chi connectivity index (χ3v) is 3.07. The Morgan fingerprint density at radius 2 is 1.86 bits per heavy atom. The number of hydrogen-bond acceptors (Lipinski definition) is 4. The predicted molar refractivity (Wildman–Crippen MR) is 79.8 cm³/mol. The Balaban J connectivity index is 2.88. The van der Waals surface area contributed by atoms with Gasteiger partial charge in [-0.1, -0.05) is 24.3 Å². The van der Waals surface area contributed by atoms with Crippen LogP contribution in [0.15, 0.2) is 24.3 Å². The van der Waals surface area contributed by atoms with Gasteiger partial charge in [0.2, 0.25) is 0 Å². The molecule has 3 N–H and O–H groups in total. The van der Waals surface area contributed by atoms with Crippen LogP contribution >= 0.6 is 0 Å². The molecule has 1 aromatic rings. The predicted octanol–water partition coefficient (Wildman–Crippen LogP) is 1.91. The summed E-state index contributed by atoms with van der Waals surface area (Å²) in [5, 5.41) is 9.28. The van der Waals surface area contributed by atoms with Gasteiger partial charge in [0.25, 0.3) is 0 Å². The SMILES string of the molecule is Cc1ccccc1C[C@H](N)[C@H](C(=O)O)C(=O)OC(C)(C)C. The number of rotatable bonds is 5. The summed E-state index contributed by atoms with van der Waals surface area (Å²) in [6, 6.07) is 6.72. The lowest BCUT2D eigenvalue weighted by Gasteiger charge is -2.25. The van der Waals surface area contributed by atoms with Gasteiger partial charge >= 0.3 is 11.9 Å². The highest BCUT2D eigenvalue weighted by atomic mass is 16.6. The first-order chi connectivity index (χ1) is 9.61. The number of carboxylic acid groups (broad SMARTS) is 1. The Bertz CT molecular complexity index is 519. The number of esters is 1. The molecule has 5 heteroatoms. The van der Waals surface area contributed by atoms with Crippen molar-refractivity contribution in [3.05, 3.63) is 35.4 Å². The van der Waals surface area contributed by atoms with E-state index in [1.807, 2.05) is 31.2 Å². The van der Waals surface area contributed by atoms with E-state index in [0.717, 1.165) is 11.1 Å². The summed E-state index contributed by atoms with van der Waals surface area (Å²) in [6.07, 6.45) is 0.308. The molecule has 1 aromatic carbocycles. The molecule has 0 amide bonds. The second kappa shape index (κ2) is 6.72. The first-order valence-electron chi connectivity index (χ1n) is 6.87. The van der Waals surface area contributed by atoms with E-state index in [-0.39, 0.29) is 0 Å². The van der Waals surface area contributed by atoms with Gasteiger partial charge < -0.3 is 15.6 Å². The molecule has 0 aromatic heterocycles. The van der Waals surface area contributed by atoms with Crippen LogP contribution in [-0.4, -0.2) is 28.7 Å². The zero-order valence-electron chi connectivity index (χ0n) is 12.9. The first kappa shape index (κ1) is 17.2. The van der Waals surface area contributed by atoms with Gasteiger partial charge in [-0.15, -0.1) is 0 Å². The van der Waals surface area contributed by atoms with Crippen molar-refractivity contribution in [1.29, 1.82) is 0 Å². The molecule has 0 radical (unpaired) electrons. The van der Waals surface area contributed by atoms with Gasteiger partial charge in [-0.25, -0.2) is 0 Å². The van der Waals surface area contributed by atoms with Crippen LogP contribution in [0.2, 0.25) is 0 Å². The molecule has 116 valence electrons. The van der Waals surface area contributed by atoms with E-state index < -0.39 is 29.5 Å². The molecule has 0 unspecified atom stereocenters. The first-order valence-corrected chi connectivity index (χ1v) is 6.87. The van der Waals surface area contributed by atoms with Crippen molar-refractivity contribution in [2.75, 3.05) is 0 Å². The van der Waals surface area contributed by atoms with Crippen molar-refractivity contribution in [2.45, 2.75) is 45.8 Å². The van der Waals surface area contributed by atoms with Gasteiger partial charge in [0, 0.05) is 6.04 Å². The van der Waals surface area contributed by atoms with Crippen LogP contribution in [0.1, 0.15) is 31.9 Å². The standard InChI is InChI=1S/C16H23NO4/c1-10-7-5-6-8-11(10)9-12(17)13(14(18)19)15(20)21-16(2,3)4/h5-8,12-13H,9,17H2,1-4H3,(H,18,19)/t12-,13+/m0/s1. The van der Waals surface area contributed by atoms with Crippen molar-refractivity contribution in [3.8, 4) is 0 Å². The van der Waals surface area contributed by atoms with Crippen molar-refractivity contribution in [3.63, 3.8) is 0 Å². The number of hydrogen-bond donors (Lipinski definition) is 2. The van der Waals surface area contributed by atoms with Gasteiger partial charge in [-0.05, 0) is 45.2 Å². The number of benzene rings is 1. The number of carbonyl (C=O) groups excluding carboxylic acids is 1. The van der Waals surface area contributed by atoms with E-state index in [1.165, 1.54) is 0 Å². The Labute approximate surface area is 125 Å². The molecule has 0 aliphatic heterocycles. The fraction of sp³-hybridized carbons (Fsp3) is 0.500. The van der Waals surface area contributed by atoms with E-state index >= 15 is 0 Å². The molecule has 0 fully saturated rings. The molecule has 0 heterocycles. The van der Waals surface area contributed by atoms with Crippen LogP contribution in [0.4, 0.5) is 0 Å². The lowest BCUT2D eigenvalue weighted by Crippen LogP contribution is -2.45. The van der Waals surface area contributed by atoms with Crippen molar-refractivity contribution < 1.29 is 19.4 Å². The van der Waals surface area contributed by atoms with Crippen LogP contribution in [0.25, 0.3) is 0 Å². The maximum Gasteiger partial charge on any atom is 0.322 e. The lowest BCUT2D eigenvalue weighted by atomic mass is 9.92. The molecule has 5 nitrogen and oxygen atoms in total. The van der Waals surface area contributed by atoms with E-state index in [4.69, 9.17) is 10.5 Å². The number of carboxylic acids is 1. The topological polar surface area (TPSA) is 89.6 Å². The Morgan fingerprint density at radius 3 is 2.33 bits per heavy atom. The molecule has 0 spiro atoms. The van der Waals surface area contributed by atoms with E-state index in [1.54, 1.807) is 20.8 Å². The van der Waals surface area contributed by atoms with Crippen LogP contribution in [0.3, 0.4) is 0 Å². The summed E-state index contributed by atoms with van der Waals surface area (Å²) in [6.45, 7) is 7.00. The third kappa shape index (κ3) is 5.19. The van der Waals surface area contributed by atoms with E-state index in [9.17, 15) is 14.7 Å². The average Bonchev–Trinajstić information content (AvgIpc) is 2.29. The zero-order chi connectivity index (χ0) is 16.2. The van der Waals surface area contributed by atoms with Crippen LogP contribution in [-0.2, 0) is 20.7 Å². The smallest absolute Gasteiger partial charge is 0.322 e. The maximum absolute atomic E-state index is 12.0. The van der Waals surface area contributed by atoms with E-state index in [2.05, 4.69) is 0 Å². The monoisotopic (exact) mass is 293 g/mol. The van der Waals surface area contributed by atoms with Crippen molar-refractivity contribution in [2.24, 2.45) is 11.7 Å². The fourth-order valence-electron chi connectivity index (χ4n) is 2.03. The molecule has 0 bridgehead atoms. The van der Waals surface area contributed by atoms with Gasteiger partial charge in [-0.2, -0.15) is 0 Å². The highest BCUT2D eigenvalue weighted by molar-refractivity contribution is 5.95. The van der Waals surface area contributed by atoms with Crippen molar-refractivity contribution >= 4 is 11.9 Å². The zero-order valence-corrected chi connectivity index (χ0v) is 12.9. The van der Waals surface area contributed by atoms with Gasteiger partial charge in [0.1, 0.15) is 5.60 Å². The summed E-state index contributed by atoms with van der Waals surface area (Å²) in [5.41, 5.74) is 7.16. The number of ether oxygens (including phenoxy) is 1. The molecular weight excluding hydrogens is 270 g/mol. The normalized spacial score (nSPS) is 14.3. The maximum atomic E-state index is 12.0. The minimum atomic E-state index is -1.37. The Morgan fingerprint density at radius 1 is 1.29 bits per heavy atom. The molecule has 0 saturated carbocycles. The fourth-order valence-corrected chi connectivity index (χ4v) is 2.03. The molecule has 0 aliphatic rings. The largest absolute Gasteiger partial charge is 0.481 e. The highest BCUT2D eigenvalue weighted by Gasteiger charge is 2.36. The molecule has 1 rings (SSSR count). The quantitative estimate of drug-likeness (QED) is 0.639. The summed E-state index contributed by atoms with van der Waals surface area (Å²) in [5.74, 6) is -3.43. The van der Waals surface area contributed by atoms with Gasteiger partial charge in [0.05, 0.1) is 0 Å². The van der Waals surface area contributed by atoms with Gasteiger partial charge in [0.15, 0.2) is 5.92 Å². The minimum Gasteiger partial charge on any atom is -0.481 e. The summed E-state index contributed by atoms with van der Waals surface area (Å²) in [4.78, 5) is 23.4. The molecule has 0 aliphatic carbocycles. The number of nitrogens with two attached hydrogens (primary N) is 1. The third-order valence-electron chi connectivity index (χ3n) is 3.07. The summed E-state index contributed by atoms with van der Waals surface area (Å²) < 4.78 is 5.15. The Kier molecular flexibility index (Phi) is 5.49. The molecule has 2 atom stereocenters. The van der Waals surface area contributed by atoms with Crippen molar-refractivity contribution in [1.82, 2.24) is 0 Å². The number of aliphatic carboxylic acids is 1. The second-order valence-corrected chi connectivity index (χ2v) is 6.14. The number of aryl methyl sites for hydroxylation is 1. The van der Waals surface area contributed by atoms with Crippen LogP contribution in [0, 0.1) is 12.8 Å². The molecule has 0 saturated heterocycles. The molecular formula is C16H23NO4. The average molecular weight is 293 g/mol. The summed E-state index contributed by atoms with van der Waals surface area (Å²) in [7, 11) is 0. The lowest BCUT2D eigenvalue weighted by molar-refractivity contribution is -0.167. The second-order valence-electron chi connectivity index (χ2n) is 6.14. The minimum absolute atomic E-state index is 0.308. The summed E-state index contributed by atoms with van der Waals surface area (Å²) >= 11 is 0. The molecule has 21 heavy (non-hydrogen) atoms. The van der Waals surface area contributed by atoms with Gasteiger partial charge in [-0.3, -0.25) is 9.59 Å². The number of carbonyl (C=O) groups is 2.